The van der Waals surface area contributed by atoms with Crippen molar-refractivity contribution in [1.82, 2.24) is 0 Å². The summed E-state index contributed by atoms with van der Waals surface area (Å²) in [6.07, 6.45) is 3.97. The van der Waals surface area contributed by atoms with E-state index in [1.807, 2.05) is 0 Å². The van der Waals surface area contributed by atoms with Gasteiger partial charge in [0.1, 0.15) is 0 Å². The molecule has 54 valence electrons. The van der Waals surface area contributed by atoms with E-state index >= 15 is 0 Å². The zero-order chi connectivity index (χ0) is 7.28. The Morgan fingerprint density at radius 3 is 2.33 bits per heavy atom. The van der Waals surface area contributed by atoms with Crippen LogP contribution in [0.15, 0.2) is 0 Å². The fourth-order valence-corrected chi connectivity index (χ4v) is 1.06. The van der Waals surface area contributed by atoms with Gasteiger partial charge < -0.3 is 0 Å². The molecule has 0 aliphatic heterocycles. The number of hydrogen-bond donors (Lipinski definition) is 0. The molecule has 0 saturated heterocycles. The molecule has 0 rings (SSSR count). The van der Waals surface area contributed by atoms with Gasteiger partial charge in [0.15, 0.2) is 0 Å². The molecule has 9 heavy (non-hydrogen) atoms. The molecule has 0 aliphatic rings. The third kappa shape index (κ3) is 8.39. The van der Waals surface area contributed by atoms with E-state index in [1.54, 1.807) is 0 Å². The molecule has 0 heterocycles. The van der Waals surface area contributed by atoms with E-state index in [0.717, 1.165) is 5.92 Å². The molecule has 0 N–H and O–H groups in total. The first-order valence-electron chi connectivity index (χ1n) is 3.62. The number of hydrogen-bond acceptors (Lipinski definition) is 0. The Bertz CT molecular complexity index is 84.6. The molecule has 0 amide bonds. The van der Waals surface area contributed by atoms with E-state index in [2.05, 4.69) is 36.3 Å². The van der Waals surface area contributed by atoms with Crippen LogP contribution in [0.5, 0.6) is 0 Å². The third-order valence-electron chi connectivity index (χ3n) is 1.31. The van der Waals surface area contributed by atoms with Crippen LogP contribution >= 0.6 is 0 Å². The molecule has 0 saturated carbocycles. The zero-order valence-corrected chi connectivity index (χ0v) is 8.32. The molecule has 0 aromatic carbocycles. The van der Waals surface area contributed by atoms with Crippen LogP contribution in [0.1, 0.15) is 40.0 Å². The quantitative estimate of drug-likeness (QED) is 0.597. The van der Waals surface area contributed by atoms with Gasteiger partial charge in [-0.3, -0.25) is 0 Å². The van der Waals surface area contributed by atoms with Crippen molar-refractivity contribution in [2.45, 2.75) is 40.0 Å². The van der Waals surface area contributed by atoms with Crippen molar-refractivity contribution in [2.75, 3.05) is 0 Å². The van der Waals surface area contributed by atoms with Gasteiger partial charge in [-0.05, 0) is 0 Å². The Balaban J connectivity index is 3.01. The first kappa shape index (κ1) is 9.39. The minimum absolute atomic E-state index is 0.865. The van der Waals surface area contributed by atoms with Crippen molar-refractivity contribution in [3.05, 3.63) is 0 Å². The maximum absolute atomic E-state index is 3.03. The van der Waals surface area contributed by atoms with Gasteiger partial charge in [-0.25, -0.2) is 0 Å². The SMILES string of the molecule is CC(=[Se])CCCC(C)C. The van der Waals surface area contributed by atoms with Crippen molar-refractivity contribution in [3.8, 4) is 0 Å². The van der Waals surface area contributed by atoms with E-state index < -0.39 is 0 Å². The molecular weight excluding hydrogens is 175 g/mol. The molecule has 0 nitrogen and oxygen atoms in total. The second-order valence-electron chi connectivity index (χ2n) is 2.99. The van der Waals surface area contributed by atoms with Crippen molar-refractivity contribution in [3.63, 3.8) is 0 Å². The van der Waals surface area contributed by atoms with Gasteiger partial charge >= 0.3 is 65.9 Å². The van der Waals surface area contributed by atoms with Crippen molar-refractivity contribution >= 4 is 20.0 Å². The zero-order valence-electron chi connectivity index (χ0n) is 6.61. The molecule has 0 atom stereocenters. The van der Waals surface area contributed by atoms with Crippen LogP contribution in [0.4, 0.5) is 0 Å². The Kier molecular flexibility index (Phi) is 5.42. The van der Waals surface area contributed by atoms with Gasteiger partial charge in [0.2, 0.25) is 0 Å². The predicted octanol–water partition coefficient (Wildman–Crippen LogP) is 2.17. The summed E-state index contributed by atoms with van der Waals surface area (Å²) in [5.74, 6) is 0.865. The van der Waals surface area contributed by atoms with E-state index in [4.69, 9.17) is 0 Å². The summed E-state index contributed by atoms with van der Waals surface area (Å²) in [5, 5.41) is 0. The normalized spacial score (nSPS) is 10.2. The van der Waals surface area contributed by atoms with Crippen LogP contribution in [0.3, 0.4) is 0 Å². The Morgan fingerprint density at radius 2 is 2.00 bits per heavy atom. The van der Waals surface area contributed by atoms with Crippen LogP contribution in [0.2, 0.25) is 0 Å². The van der Waals surface area contributed by atoms with E-state index in [9.17, 15) is 0 Å². The van der Waals surface area contributed by atoms with Crippen LogP contribution < -0.4 is 0 Å². The molecule has 1 heteroatoms. The first-order valence-corrected chi connectivity index (χ1v) is 4.48. The van der Waals surface area contributed by atoms with Crippen LogP contribution in [-0.2, 0) is 0 Å². The van der Waals surface area contributed by atoms with Crippen LogP contribution in [0.25, 0.3) is 0 Å². The Morgan fingerprint density at radius 1 is 1.44 bits per heavy atom. The van der Waals surface area contributed by atoms with Gasteiger partial charge in [-0.15, -0.1) is 0 Å². The summed E-state index contributed by atoms with van der Waals surface area (Å²) in [5.41, 5.74) is 0. The van der Waals surface area contributed by atoms with Crippen molar-refractivity contribution in [1.29, 1.82) is 0 Å². The molecule has 0 fully saturated rings. The van der Waals surface area contributed by atoms with Gasteiger partial charge in [-0.2, -0.15) is 0 Å². The molecule has 0 aromatic rings. The van der Waals surface area contributed by atoms with Crippen molar-refractivity contribution in [2.24, 2.45) is 5.92 Å². The summed E-state index contributed by atoms with van der Waals surface area (Å²) in [6, 6.07) is 0. The van der Waals surface area contributed by atoms with Gasteiger partial charge in [-0.1, -0.05) is 0 Å². The van der Waals surface area contributed by atoms with E-state index in [0.29, 0.717) is 0 Å². The summed E-state index contributed by atoms with van der Waals surface area (Å²) in [7, 11) is 0. The fraction of sp³-hybridized carbons (Fsp3) is 0.875. The molecule has 0 spiro atoms. The maximum atomic E-state index is 3.03. The van der Waals surface area contributed by atoms with E-state index in [-0.39, 0.29) is 0 Å². The van der Waals surface area contributed by atoms with Crippen LogP contribution in [-0.4, -0.2) is 20.0 Å². The second-order valence-corrected chi connectivity index (χ2v) is 4.45. The van der Waals surface area contributed by atoms with Gasteiger partial charge in [0.25, 0.3) is 0 Å². The standard InChI is InChI=1S/C8H16Se/c1-7(2)5-4-6-8(3)9/h7H,4-6H2,1-3H3. The topological polar surface area (TPSA) is 0 Å². The average Bonchev–Trinajstić information content (AvgIpc) is 1.63. The molecule has 0 radical (unpaired) electrons. The first-order chi connectivity index (χ1) is 4.13. The van der Waals surface area contributed by atoms with Crippen molar-refractivity contribution < 1.29 is 0 Å². The number of rotatable bonds is 4. The monoisotopic (exact) mass is 192 g/mol. The summed E-state index contributed by atoms with van der Waals surface area (Å²) >= 11 is 3.03. The minimum atomic E-state index is 0.865. The summed E-state index contributed by atoms with van der Waals surface area (Å²) in [4.78, 5) is 0. The predicted molar refractivity (Wildman–Crippen MR) is 45.1 cm³/mol. The Hall–Kier alpha value is 0.389. The van der Waals surface area contributed by atoms with Crippen LogP contribution in [0, 0.1) is 5.92 Å². The molecule has 0 aliphatic carbocycles. The molecule has 0 unspecified atom stereocenters. The summed E-state index contributed by atoms with van der Waals surface area (Å²) in [6.45, 7) is 6.70. The summed E-state index contributed by atoms with van der Waals surface area (Å²) < 4.78 is 1.44. The van der Waals surface area contributed by atoms with Gasteiger partial charge in [0, 0.05) is 0 Å². The van der Waals surface area contributed by atoms with E-state index in [1.165, 1.54) is 23.7 Å². The second kappa shape index (κ2) is 5.20. The fourth-order valence-electron chi connectivity index (χ4n) is 0.759. The molecule has 0 aromatic heterocycles. The van der Waals surface area contributed by atoms with Gasteiger partial charge in [0.05, 0.1) is 0 Å². The average molecular weight is 191 g/mol. The Labute approximate surface area is 66.4 Å². The molecule has 0 bridgehead atoms. The third-order valence-corrected chi connectivity index (χ3v) is 1.74. The molecular formula is C8H16Se.